The van der Waals surface area contributed by atoms with E-state index in [0.29, 0.717) is 5.69 Å². The van der Waals surface area contributed by atoms with Crippen LogP contribution in [-0.2, 0) is 10.2 Å². The molecule has 0 aliphatic carbocycles. The van der Waals surface area contributed by atoms with Crippen LogP contribution in [0.1, 0.15) is 19.4 Å². The summed E-state index contributed by atoms with van der Waals surface area (Å²) in [6.45, 7) is 5.39. The molecule has 0 fully saturated rings. The van der Waals surface area contributed by atoms with Gasteiger partial charge >= 0.3 is 0 Å². The van der Waals surface area contributed by atoms with Crippen molar-refractivity contribution in [1.82, 2.24) is 4.72 Å². The molecule has 0 unspecified atom stereocenters. The molecule has 4 nitrogen and oxygen atoms in total. The molecule has 0 saturated heterocycles. The van der Waals surface area contributed by atoms with Gasteiger partial charge in [0, 0.05) is 10.5 Å². The van der Waals surface area contributed by atoms with Crippen LogP contribution >= 0.6 is 15.9 Å². The van der Waals surface area contributed by atoms with Gasteiger partial charge in [0.1, 0.15) is 0 Å². The van der Waals surface area contributed by atoms with Gasteiger partial charge in [-0.2, -0.15) is 13.1 Å². The smallest absolute Gasteiger partial charge is 0.271 e. The van der Waals surface area contributed by atoms with E-state index >= 15 is 0 Å². The van der Waals surface area contributed by atoms with Gasteiger partial charge in [-0.05, 0) is 44.5 Å². The molecule has 0 spiro atoms. The predicted molar refractivity (Wildman–Crippen MR) is 69.7 cm³/mol. The normalized spacial score (nSPS) is 11.8. The van der Waals surface area contributed by atoms with E-state index in [9.17, 15) is 8.42 Å². The summed E-state index contributed by atoms with van der Waals surface area (Å²) in [4.78, 5) is 0. The summed E-state index contributed by atoms with van der Waals surface area (Å²) < 4.78 is 29.1. The topological polar surface area (TPSA) is 58.2 Å². The maximum Gasteiger partial charge on any atom is 0.299 e. The molecule has 0 aliphatic rings. The molecule has 0 bridgehead atoms. The molecule has 6 heteroatoms. The fourth-order valence-electron chi connectivity index (χ4n) is 1.23. The summed E-state index contributed by atoms with van der Waals surface area (Å²) in [5, 5.41) is 0. The monoisotopic (exact) mass is 306 g/mol. The van der Waals surface area contributed by atoms with Crippen LogP contribution in [0.5, 0.6) is 0 Å². The second-order valence-corrected chi connectivity index (χ2v) is 6.20. The van der Waals surface area contributed by atoms with Gasteiger partial charge in [0.05, 0.1) is 5.69 Å². The SMILES string of the molecule is Cc1cc(Br)ccc1NS(=O)(=O)NC(C)C. The number of aryl methyl sites for hydroxylation is 1. The van der Waals surface area contributed by atoms with Crippen molar-refractivity contribution in [2.75, 3.05) is 4.72 Å². The predicted octanol–water partition coefficient (Wildman–Crippen LogP) is 2.41. The molecule has 1 rings (SSSR count). The second-order valence-electron chi connectivity index (χ2n) is 3.84. The number of hydrogen-bond donors (Lipinski definition) is 2. The van der Waals surface area contributed by atoms with Crippen molar-refractivity contribution in [2.45, 2.75) is 26.8 Å². The Morgan fingerprint density at radius 1 is 1.31 bits per heavy atom. The number of hydrogen-bond acceptors (Lipinski definition) is 2. The quantitative estimate of drug-likeness (QED) is 0.897. The van der Waals surface area contributed by atoms with Crippen LogP contribution in [0.25, 0.3) is 0 Å². The lowest BCUT2D eigenvalue weighted by Gasteiger charge is -2.13. The number of anilines is 1. The molecule has 1 aromatic carbocycles. The van der Waals surface area contributed by atoms with E-state index in [1.165, 1.54) is 0 Å². The molecule has 0 saturated carbocycles. The highest BCUT2D eigenvalue weighted by Gasteiger charge is 2.12. The van der Waals surface area contributed by atoms with Gasteiger partial charge in [-0.3, -0.25) is 4.72 Å². The number of halogens is 1. The molecule has 0 aromatic heterocycles. The highest BCUT2D eigenvalue weighted by molar-refractivity contribution is 9.10. The maximum absolute atomic E-state index is 11.6. The number of rotatable bonds is 4. The van der Waals surface area contributed by atoms with E-state index in [0.717, 1.165) is 10.0 Å². The van der Waals surface area contributed by atoms with Gasteiger partial charge in [-0.15, -0.1) is 0 Å². The molecular formula is C10H15BrN2O2S. The van der Waals surface area contributed by atoms with Gasteiger partial charge in [-0.1, -0.05) is 15.9 Å². The first-order valence-electron chi connectivity index (χ1n) is 4.86. The zero-order valence-electron chi connectivity index (χ0n) is 9.41. The zero-order valence-corrected chi connectivity index (χ0v) is 11.8. The van der Waals surface area contributed by atoms with E-state index in [2.05, 4.69) is 25.4 Å². The van der Waals surface area contributed by atoms with Crippen molar-refractivity contribution < 1.29 is 8.42 Å². The average molecular weight is 307 g/mol. The van der Waals surface area contributed by atoms with E-state index in [-0.39, 0.29) is 6.04 Å². The minimum absolute atomic E-state index is 0.131. The van der Waals surface area contributed by atoms with Crippen LogP contribution in [0.4, 0.5) is 5.69 Å². The molecule has 0 heterocycles. The Hall–Kier alpha value is -0.590. The van der Waals surface area contributed by atoms with Gasteiger partial charge < -0.3 is 0 Å². The molecule has 0 aliphatic heterocycles. The van der Waals surface area contributed by atoms with Crippen molar-refractivity contribution in [3.05, 3.63) is 28.2 Å². The lowest BCUT2D eigenvalue weighted by atomic mass is 10.2. The summed E-state index contributed by atoms with van der Waals surface area (Å²) in [5.41, 5.74) is 1.44. The van der Waals surface area contributed by atoms with Crippen molar-refractivity contribution >= 4 is 31.8 Å². The molecule has 2 N–H and O–H groups in total. The van der Waals surface area contributed by atoms with E-state index < -0.39 is 10.2 Å². The van der Waals surface area contributed by atoms with Crippen LogP contribution in [0.3, 0.4) is 0 Å². The molecular weight excluding hydrogens is 292 g/mol. The third kappa shape index (κ3) is 4.11. The average Bonchev–Trinajstić information content (AvgIpc) is 2.07. The fraction of sp³-hybridized carbons (Fsp3) is 0.400. The van der Waals surface area contributed by atoms with E-state index in [4.69, 9.17) is 0 Å². The van der Waals surface area contributed by atoms with Crippen molar-refractivity contribution in [2.24, 2.45) is 0 Å². The van der Waals surface area contributed by atoms with Crippen LogP contribution in [-0.4, -0.2) is 14.5 Å². The van der Waals surface area contributed by atoms with E-state index in [1.807, 2.05) is 13.0 Å². The van der Waals surface area contributed by atoms with Crippen LogP contribution in [0.2, 0.25) is 0 Å². The third-order valence-electron chi connectivity index (χ3n) is 1.82. The Kier molecular flexibility index (Phi) is 4.35. The lowest BCUT2D eigenvalue weighted by molar-refractivity contribution is 0.575. The van der Waals surface area contributed by atoms with Crippen LogP contribution < -0.4 is 9.44 Å². The largest absolute Gasteiger partial charge is 0.299 e. The summed E-state index contributed by atoms with van der Waals surface area (Å²) in [5.74, 6) is 0. The number of benzene rings is 1. The van der Waals surface area contributed by atoms with Crippen molar-refractivity contribution in [1.29, 1.82) is 0 Å². The van der Waals surface area contributed by atoms with Crippen molar-refractivity contribution in [3.63, 3.8) is 0 Å². The molecule has 16 heavy (non-hydrogen) atoms. The van der Waals surface area contributed by atoms with Crippen LogP contribution in [0.15, 0.2) is 22.7 Å². The minimum Gasteiger partial charge on any atom is -0.271 e. The molecule has 0 amide bonds. The maximum atomic E-state index is 11.6. The van der Waals surface area contributed by atoms with E-state index in [1.54, 1.807) is 26.0 Å². The van der Waals surface area contributed by atoms with Gasteiger partial charge in [0.25, 0.3) is 10.2 Å². The standard InChI is InChI=1S/C10H15BrN2O2S/c1-7(2)12-16(14,15)13-10-5-4-9(11)6-8(10)3/h4-7,12-13H,1-3H3. The van der Waals surface area contributed by atoms with Gasteiger partial charge in [0.15, 0.2) is 0 Å². The zero-order chi connectivity index (χ0) is 12.3. The highest BCUT2D eigenvalue weighted by atomic mass is 79.9. The Morgan fingerprint density at radius 2 is 1.94 bits per heavy atom. The summed E-state index contributed by atoms with van der Waals surface area (Å²) >= 11 is 3.32. The van der Waals surface area contributed by atoms with Gasteiger partial charge in [-0.25, -0.2) is 0 Å². The first kappa shape index (κ1) is 13.5. The summed E-state index contributed by atoms with van der Waals surface area (Å²) in [7, 11) is -3.48. The summed E-state index contributed by atoms with van der Waals surface area (Å²) in [6, 6.07) is 5.24. The number of nitrogens with one attached hydrogen (secondary N) is 2. The second kappa shape index (κ2) is 5.16. The van der Waals surface area contributed by atoms with Crippen molar-refractivity contribution in [3.8, 4) is 0 Å². The molecule has 90 valence electrons. The fourth-order valence-corrected chi connectivity index (χ4v) is 2.90. The Labute approximate surface area is 105 Å². The first-order chi connectivity index (χ1) is 7.30. The van der Waals surface area contributed by atoms with Gasteiger partial charge in [0.2, 0.25) is 0 Å². The molecule has 0 atom stereocenters. The first-order valence-corrected chi connectivity index (χ1v) is 7.14. The Balaban J connectivity index is 2.88. The Morgan fingerprint density at radius 3 is 2.44 bits per heavy atom. The minimum atomic E-state index is -3.48. The molecule has 0 radical (unpaired) electrons. The van der Waals surface area contributed by atoms with Crippen LogP contribution in [0, 0.1) is 6.92 Å². The highest BCUT2D eigenvalue weighted by Crippen LogP contribution is 2.20. The molecule has 1 aromatic rings. The summed E-state index contributed by atoms with van der Waals surface area (Å²) in [6.07, 6.45) is 0. The Bertz CT molecular complexity index is 472. The third-order valence-corrected chi connectivity index (χ3v) is 3.59. The lowest BCUT2D eigenvalue weighted by Crippen LogP contribution is -2.35.